The lowest BCUT2D eigenvalue weighted by atomic mass is 10.2. The van der Waals surface area contributed by atoms with E-state index in [4.69, 9.17) is 0 Å². The fraction of sp³-hybridized carbons (Fsp3) is 0.333. The molecular formula is C18H19F2N3O2. The Balaban J connectivity index is 1.71. The van der Waals surface area contributed by atoms with Crippen LogP contribution in [0.1, 0.15) is 36.0 Å². The molecule has 1 aliphatic rings. The van der Waals surface area contributed by atoms with E-state index in [0.717, 1.165) is 37.8 Å². The van der Waals surface area contributed by atoms with Gasteiger partial charge in [-0.25, -0.2) is 13.8 Å². The predicted octanol–water partition coefficient (Wildman–Crippen LogP) is 3.70. The molecule has 2 N–H and O–H groups in total. The number of nitrogens with one attached hydrogen (secondary N) is 1. The van der Waals surface area contributed by atoms with Crippen molar-refractivity contribution < 1.29 is 18.7 Å². The molecule has 132 valence electrons. The van der Waals surface area contributed by atoms with Gasteiger partial charge in [0.25, 0.3) is 5.91 Å². The van der Waals surface area contributed by atoms with E-state index < -0.39 is 23.3 Å². The SMILES string of the molecule is O=C(Nc1cc(O)c(F)cc1F)c1ccc(N2CCCCCC2)nc1. The summed E-state index contributed by atoms with van der Waals surface area (Å²) in [5.74, 6) is -2.55. The van der Waals surface area contributed by atoms with Gasteiger partial charge in [-0.1, -0.05) is 12.8 Å². The summed E-state index contributed by atoms with van der Waals surface area (Å²) in [6.07, 6.45) is 6.10. The van der Waals surface area contributed by atoms with Gasteiger partial charge in [-0.15, -0.1) is 0 Å². The van der Waals surface area contributed by atoms with Gasteiger partial charge in [0.2, 0.25) is 0 Å². The number of nitrogens with zero attached hydrogens (tertiary/aromatic N) is 2. The molecule has 2 heterocycles. The average molecular weight is 347 g/mol. The second kappa shape index (κ2) is 7.46. The molecule has 25 heavy (non-hydrogen) atoms. The van der Waals surface area contributed by atoms with Crippen LogP contribution in [0.3, 0.4) is 0 Å². The monoisotopic (exact) mass is 347 g/mol. The number of pyridine rings is 1. The second-order valence-corrected chi connectivity index (χ2v) is 6.04. The van der Waals surface area contributed by atoms with E-state index in [0.29, 0.717) is 6.07 Å². The summed E-state index contributed by atoms with van der Waals surface area (Å²) in [5.41, 5.74) is -0.0396. The summed E-state index contributed by atoms with van der Waals surface area (Å²) in [4.78, 5) is 18.7. The number of hydrogen-bond donors (Lipinski definition) is 2. The molecule has 1 amide bonds. The van der Waals surface area contributed by atoms with Crippen LogP contribution in [0.5, 0.6) is 5.75 Å². The molecule has 0 aliphatic carbocycles. The van der Waals surface area contributed by atoms with Gasteiger partial charge in [0.05, 0.1) is 11.3 Å². The maximum atomic E-state index is 13.7. The molecular weight excluding hydrogens is 328 g/mol. The lowest BCUT2D eigenvalue weighted by molar-refractivity contribution is 0.102. The number of aromatic hydroxyl groups is 1. The zero-order valence-electron chi connectivity index (χ0n) is 13.6. The maximum Gasteiger partial charge on any atom is 0.257 e. The van der Waals surface area contributed by atoms with Gasteiger partial charge in [-0.3, -0.25) is 4.79 Å². The Morgan fingerprint density at radius 1 is 1.08 bits per heavy atom. The summed E-state index contributed by atoms with van der Waals surface area (Å²) in [6.45, 7) is 1.89. The van der Waals surface area contributed by atoms with Gasteiger partial charge < -0.3 is 15.3 Å². The Labute approximate surface area is 144 Å². The molecule has 1 aromatic heterocycles. The summed E-state index contributed by atoms with van der Waals surface area (Å²) in [7, 11) is 0. The highest BCUT2D eigenvalue weighted by atomic mass is 19.1. The van der Waals surface area contributed by atoms with Crippen molar-refractivity contribution in [2.75, 3.05) is 23.3 Å². The van der Waals surface area contributed by atoms with Crippen molar-refractivity contribution in [1.82, 2.24) is 4.98 Å². The van der Waals surface area contributed by atoms with Crippen LogP contribution < -0.4 is 10.2 Å². The van der Waals surface area contributed by atoms with Crippen molar-refractivity contribution in [2.45, 2.75) is 25.7 Å². The smallest absolute Gasteiger partial charge is 0.257 e. The molecule has 2 aromatic rings. The minimum absolute atomic E-state index is 0.252. The van der Waals surface area contributed by atoms with E-state index in [9.17, 15) is 18.7 Å². The minimum atomic E-state index is -1.08. The number of amides is 1. The van der Waals surface area contributed by atoms with E-state index in [1.54, 1.807) is 12.1 Å². The lowest BCUT2D eigenvalue weighted by Gasteiger charge is -2.21. The van der Waals surface area contributed by atoms with Crippen molar-refractivity contribution in [3.63, 3.8) is 0 Å². The highest BCUT2D eigenvalue weighted by Crippen LogP contribution is 2.24. The van der Waals surface area contributed by atoms with Crippen LogP contribution in [-0.4, -0.2) is 29.1 Å². The van der Waals surface area contributed by atoms with Gasteiger partial charge in [0.1, 0.15) is 11.6 Å². The topological polar surface area (TPSA) is 65.5 Å². The summed E-state index contributed by atoms with van der Waals surface area (Å²) in [6, 6.07) is 4.73. The third kappa shape index (κ3) is 4.04. The van der Waals surface area contributed by atoms with Crippen molar-refractivity contribution in [3.05, 3.63) is 47.7 Å². The Hall–Kier alpha value is -2.70. The Bertz CT molecular complexity index is 758. The lowest BCUT2D eigenvalue weighted by Crippen LogP contribution is -2.25. The number of rotatable bonds is 3. The van der Waals surface area contributed by atoms with E-state index >= 15 is 0 Å². The third-order valence-corrected chi connectivity index (χ3v) is 4.22. The molecule has 5 nitrogen and oxygen atoms in total. The largest absolute Gasteiger partial charge is 0.505 e. The highest BCUT2D eigenvalue weighted by Gasteiger charge is 2.15. The number of halogens is 2. The quantitative estimate of drug-likeness (QED) is 0.889. The van der Waals surface area contributed by atoms with Gasteiger partial charge in [0.15, 0.2) is 11.6 Å². The second-order valence-electron chi connectivity index (χ2n) is 6.04. The van der Waals surface area contributed by atoms with E-state index in [-0.39, 0.29) is 11.3 Å². The fourth-order valence-corrected chi connectivity index (χ4v) is 2.84. The van der Waals surface area contributed by atoms with E-state index in [1.807, 2.05) is 0 Å². The number of benzene rings is 1. The minimum Gasteiger partial charge on any atom is -0.505 e. The Kier molecular flexibility index (Phi) is 5.11. The summed E-state index contributed by atoms with van der Waals surface area (Å²) >= 11 is 0. The standard InChI is InChI=1S/C18H19F2N3O2/c19-13-9-14(20)16(24)10-15(13)22-18(25)12-5-6-17(21-11-12)23-7-3-1-2-4-8-23/h5-6,9-11,24H,1-4,7-8H2,(H,22,25). The van der Waals surface area contributed by atoms with E-state index in [2.05, 4.69) is 15.2 Å². The zero-order chi connectivity index (χ0) is 17.8. The van der Waals surface area contributed by atoms with Crippen LogP contribution in [0, 0.1) is 11.6 Å². The van der Waals surface area contributed by atoms with Crippen molar-refractivity contribution >= 4 is 17.4 Å². The number of carbonyl (C=O) groups excluding carboxylic acids is 1. The van der Waals surface area contributed by atoms with Crippen LogP contribution >= 0.6 is 0 Å². The first-order valence-electron chi connectivity index (χ1n) is 8.25. The Morgan fingerprint density at radius 2 is 1.80 bits per heavy atom. The molecule has 0 spiro atoms. The Morgan fingerprint density at radius 3 is 2.44 bits per heavy atom. The molecule has 0 atom stereocenters. The van der Waals surface area contributed by atoms with Crippen LogP contribution in [0.25, 0.3) is 0 Å². The first-order chi connectivity index (χ1) is 12.0. The summed E-state index contributed by atoms with van der Waals surface area (Å²) < 4.78 is 26.7. The van der Waals surface area contributed by atoms with Crippen LogP contribution in [0.15, 0.2) is 30.5 Å². The first-order valence-corrected chi connectivity index (χ1v) is 8.25. The normalized spacial score (nSPS) is 14.9. The molecule has 3 rings (SSSR count). The van der Waals surface area contributed by atoms with Gasteiger partial charge in [-0.2, -0.15) is 0 Å². The molecule has 0 unspecified atom stereocenters. The molecule has 0 radical (unpaired) electrons. The molecule has 0 saturated carbocycles. The molecule has 1 aliphatic heterocycles. The third-order valence-electron chi connectivity index (χ3n) is 4.22. The van der Waals surface area contributed by atoms with Crippen LogP contribution in [0.2, 0.25) is 0 Å². The summed E-state index contributed by atoms with van der Waals surface area (Å²) in [5, 5.41) is 11.6. The zero-order valence-corrected chi connectivity index (χ0v) is 13.6. The van der Waals surface area contributed by atoms with Gasteiger partial charge >= 0.3 is 0 Å². The highest BCUT2D eigenvalue weighted by molar-refractivity contribution is 6.04. The predicted molar refractivity (Wildman–Crippen MR) is 90.9 cm³/mol. The molecule has 1 fully saturated rings. The number of carbonyl (C=O) groups is 1. The van der Waals surface area contributed by atoms with E-state index in [1.165, 1.54) is 19.0 Å². The van der Waals surface area contributed by atoms with Crippen molar-refractivity contribution in [3.8, 4) is 5.75 Å². The number of phenols is 1. The molecule has 1 saturated heterocycles. The van der Waals surface area contributed by atoms with Crippen molar-refractivity contribution in [2.24, 2.45) is 0 Å². The number of anilines is 2. The maximum absolute atomic E-state index is 13.7. The van der Waals surface area contributed by atoms with Crippen LogP contribution in [0.4, 0.5) is 20.3 Å². The first kappa shape index (κ1) is 17.1. The average Bonchev–Trinajstić information content (AvgIpc) is 2.89. The molecule has 1 aromatic carbocycles. The fourth-order valence-electron chi connectivity index (χ4n) is 2.84. The number of hydrogen-bond acceptors (Lipinski definition) is 4. The van der Waals surface area contributed by atoms with Crippen molar-refractivity contribution in [1.29, 1.82) is 0 Å². The molecule has 7 heteroatoms. The number of aromatic nitrogens is 1. The van der Waals surface area contributed by atoms with Gasteiger partial charge in [0, 0.05) is 31.4 Å². The molecule has 0 bridgehead atoms. The van der Waals surface area contributed by atoms with Gasteiger partial charge in [-0.05, 0) is 25.0 Å². The number of phenolic OH excluding ortho intramolecular Hbond substituents is 1. The van der Waals surface area contributed by atoms with Crippen LogP contribution in [-0.2, 0) is 0 Å².